The van der Waals surface area contributed by atoms with Crippen molar-refractivity contribution in [1.29, 1.82) is 0 Å². The van der Waals surface area contributed by atoms with Crippen LogP contribution in [0.3, 0.4) is 0 Å². The van der Waals surface area contributed by atoms with Crippen LogP contribution >= 0.6 is 15.9 Å². The standard InChI is InChI=1S/C16H16BrNO/c1-3-19-16-7-5-4-6-13(16)11-18-14-9-8-12(2)15(17)10-14/h4-11H,3H2,1-2H3. The summed E-state index contributed by atoms with van der Waals surface area (Å²) in [7, 11) is 0. The average Bonchev–Trinajstić information content (AvgIpc) is 2.42. The van der Waals surface area contributed by atoms with Crippen LogP contribution in [0.25, 0.3) is 0 Å². The van der Waals surface area contributed by atoms with Crippen molar-refractivity contribution in [2.24, 2.45) is 4.99 Å². The zero-order chi connectivity index (χ0) is 13.7. The largest absolute Gasteiger partial charge is 0.493 e. The Bertz CT molecular complexity index is 593. The summed E-state index contributed by atoms with van der Waals surface area (Å²) in [4.78, 5) is 4.49. The van der Waals surface area contributed by atoms with Gasteiger partial charge < -0.3 is 4.74 Å². The SMILES string of the molecule is CCOc1ccccc1C=Nc1ccc(C)c(Br)c1. The maximum atomic E-state index is 5.57. The zero-order valence-electron chi connectivity index (χ0n) is 11.1. The number of para-hydroxylation sites is 1. The number of aryl methyl sites for hydroxylation is 1. The first-order valence-electron chi connectivity index (χ1n) is 6.22. The number of aliphatic imine (C=N–C) groups is 1. The fraction of sp³-hybridized carbons (Fsp3) is 0.188. The van der Waals surface area contributed by atoms with Gasteiger partial charge in [-0.3, -0.25) is 4.99 Å². The summed E-state index contributed by atoms with van der Waals surface area (Å²) in [6.07, 6.45) is 1.84. The van der Waals surface area contributed by atoms with Gasteiger partial charge in [-0.05, 0) is 43.7 Å². The Morgan fingerprint density at radius 3 is 2.74 bits per heavy atom. The lowest BCUT2D eigenvalue weighted by Crippen LogP contribution is -1.95. The molecule has 0 aliphatic rings. The second kappa shape index (κ2) is 6.53. The van der Waals surface area contributed by atoms with Crippen molar-refractivity contribution in [2.75, 3.05) is 6.61 Å². The van der Waals surface area contributed by atoms with Crippen LogP contribution in [0.1, 0.15) is 18.1 Å². The highest BCUT2D eigenvalue weighted by molar-refractivity contribution is 9.10. The van der Waals surface area contributed by atoms with Gasteiger partial charge in [0.15, 0.2) is 0 Å². The molecule has 2 aromatic carbocycles. The highest BCUT2D eigenvalue weighted by Gasteiger charge is 1.99. The van der Waals surface area contributed by atoms with E-state index in [0.29, 0.717) is 6.61 Å². The van der Waals surface area contributed by atoms with E-state index in [9.17, 15) is 0 Å². The molecule has 0 fully saturated rings. The number of benzene rings is 2. The summed E-state index contributed by atoms with van der Waals surface area (Å²) in [6.45, 7) is 4.69. The minimum absolute atomic E-state index is 0.654. The summed E-state index contributed by atoms with van der Waals surface area (Å²) in [6, 6.07) is 14.0. The molecule has 0 aliphatic carbocycles. The molecule has 0 amide bonds. The number of halogens is 1. The molecule has 2 rings (SSSR count). The van der Waals surface area contributed by atoms with E-state index in [-0.39, 0.29) is 0 Å². The molecule has 0 radical (unpaired) electrons. The van der Waals surface area contributed by atoms with Crippen LogP contribution in [0.2, 0.25) is 0 Å². The van der Waals surface area contributed by atoms with E-state index in [2.05, 4.69) is 27.8 Å². The summed E-state index contributed by atoms with van der Waals surface area (Å²) in [5.74, 6) is 0.861. The van der Waals surface area contributed by atoms with E-state index in [1.165, 1.54) is 5.56 Å². The van der Waals surface area contributed by atoms with Gasteiger partial charge >= 0.3 is 0 Å². The number of nitrogens with zero attached hydrogens (tertiary/aromatic N) is 1. The Morgan fingerprint density at radius 1 is 1.21 bits per heavy atom. The molecule has 19 heavy (non-hydrogen) atoms. The summed E-state index contributed by atoms with van der Waals surface area (Å²) in [5.41, 5.74) is 3.11. The van der Waals surface area contributed by atoms with E-state index >= 15 is 0 Å². The second-order valence-electron chi connectivity index (χ2n) is 4.16. The topological polar surface area (TPSA) is 21.6 Å². The minimum Gasteiger partial charge on any atom is -0.493 e. The van der Waals surface area contributed by atoms with E-state index in [4.69, 9.17) is 4.74 Å². The average molecular weight is 318 g/mol. The first-order chi connectivity index (χ1) is 9.20. The number of hydrogen-bond donors (Lipinski definition) is 0. The van der Waals surface area contributed by atoms with Gasteiger partial charge in [0.25, 0.3) is 0 Å². The van der Waals surface area contributed by atoms with Gasteiger partial charge in [-0.2, -0.15) is 0 Å². The molecule has 0 saturated heterocycles. The van der Waals surface area contributed by atoms with Crippen LogP contribution in [0, 0.1) is 6.92 Å². The first-order valence-corrected chi connectivity index (χ1v) is 7.02. The normalized spacial score (nSPS) is 10.9. The van der Waals surface area contributed by atoms with Crippen LogP contribution < -0.4 is 4.74 Å². The Labute approximate surface area is 122 Å². The maximum absolute atomic E-state index is 5.57. The van der Waals surface area contributed by atoms with Gasteiger partial charge in [-0.15, -0.1) is 0 Å². The highest BCUT2D eigenvalue weighted by atomic mass is 79.9. The van der Waals surface area contributed by atoms with Crippen molar-refractivity contribution in [1.82, 2.24) is 0 Å². The molecule has 2 nitrogen and oxygen atoms in total. The van der Waals surface area contributed by atoms with Gasteiger partial charge in [-0.25, -0.2) is 0 Å². The molecule has 0 heterocycles. The van der Waals surface area contributed by atoms with Gasteiger partial charge in [0.2, 0.25) is 0 Å². The monoisotopic (exact) mass is 317 g/mol. The third-order valence-corrected chi connectivity index (χ3v) is 3.58. The van der Waals surface area contributed by atoms with E-state index in [0.717, 1.165) is 21.5 Å². The van der Waals surface area contributed by atoms with Crippen molar-refractivity contribution < 1.29 is 4.74 Å². The lowest BCUT2D eigenvalue weighted by Gasteiger charge is -2.06. The Balaban J connectivity index is 2.24. The van der Waals surface area contributed by atoms with Crippen molar-refractivity contribution in [3.8, 4) is 5.75 Å². The molecule has 0 bridgehead atoms. The molecule has 0 N–H and O–H groups in total. The van der Waals surface area contributed by atoms with Gasteiger partial charge in [-0.1, -0.05) is 34.1 Å². The quantitative estimate of drug-likeness (QED) is 0.734. The predicted molar refractivity (Wildman–Crippen MR) is 83.7 cm³/mol. The second-order valence-corrected chi connectivity index (χ2v) is 5.02. The molecule has 0 atom stereocenters. The number of rotatable bonds is 4. The van der Waals surface area contributed by atoms with E-state index in [1.54, 1.807) is 0 Å². The molecule has 0 aliphatic heterocycles. The molecule has 98 valence electrons. The number of hydrogen-bond acceptors (Lipinski definition) is 2. The van der Waals surface area contributed by atoms with Crippen molar-refractivity contribution >= 4 is 27.8 Å². The third-order valence-electron chi connectivity index (χ3n) is 2.73. The highest BCUT2D eigenvalue weighted by Crippen LogP contribution is 2.23. The molecule has 0 aromatic heterocycles. The zero-order valence-corrected chi connectivity index (χ0v) is 12.6. The fourth-order valence-electron chi connectivity index (χ4n) is 1.68. The molecule has 0 spiro atoms. The van der Waals surface area contributed by atoms with Crippen LogP contribution in [0.5, 0.6) is 5.75 Å². The summed E-state index contributed by atoms with van der Waals surface area (Å²) in [5, 5.41) is 0. The summed E-state index contributed by atoms with van der Waals surface area (Å²) < 4.78 is 6.64. The lowest BCUT2D eigenvalue weighted by atomic mass is 10.2. The molecule has 3 heteroatoms. The van der Waals surface area contributed by atoms with Gasteiger partial charge in [0.05, 0.1) is 12.3 Å². The minimum atomic E-state index is 0.654. The van der Waals surface area contributed by atoms with E-state index < -0.39 is 0 Å². The molecule has 2 aromatic rings. The van der Waals surface area contributed by atoms with Gasteiger partial charge in [0.1, 0.15) is 5.75 Å². The maximum Gasteiger partial charge on any atom is 0.128 e. The van der Waals surface area contributed by atoms with E-state index in [1.807, 2.05) is 55.6 Å². The lowest BCUT2D eigenvalue weighted by molar-refractivity contribution is 0.340. The smallest absolute Gasteiger partial charge is 0.128 e. The van der Waals surface area contributed by atoms with Crippen LogP contribution in [-0.2, 0) is 0 Å². The Morgan fingerprint density at radius 2 is 2.00 bits per heavy atom. The van der Waals surface area contributed by atoms with Crippen molar-refractivity contribution in [3.05, 3.63) is 58.1 Å². The molecule has 0 unspecified atom stereocenters. The molecular weight excluding hydrogens is 302 g/mol. The predicted octanol–water partition coefficient (Wildman–Crippen LogP) is 4.91. The molecule has 0 saturated carbocycles. The van der Waals surface area contributed by atoms with Crippen LogP contribution in [-0.4, -0.2) is 12.8 Å². The molecular formula is C16H16BrNO. The van der Waals surface area contributed by atoms with Crippen LogP contribution in [0.15, 0.2) is 51.9 Å². The van der Waals surface area contributed by atoms with Crippen molar-refractivity contribution in [3.63, 3.8) is 0 Å². The van der Waals surface area contributed by atoms with Crippen molar-refractivity contribution in [2.45, 2.75) is 13.8 Å². The Hall–Kier alpha value is -1.61. The fourth-order valence-corrected chi connectivity index (χ4v) is 2.05. The Kier molecular flexibility index (Phi) is 4.74. The van der Waals surface area contributed by atoms with Crippen LogP contribution in [0.4, 0.5) is 5.69 Å². The summed E-state index contributed by atoms with van der Waals surface area (Å²) >= 11 is 3.51. The third kappa shape index (κ3) is 3.67. The first kappa shape index (κ1) is 13.8. The number of ether oxygens (including phenoxy) is 1. The van der Waals surface area contributed by atoms with Gasteiger partial charge in [0, 0.05) is 16.3 Å².